The SMILES string of the molecule is COCCOc1ccc(CNC(=O)C2CCCN(S(=O)(=O)c3ccc(F)cc3)C2)cc1. The summed E-state index contributed by atoms with van der Waals surface area (Å²) < 4.78 is 50.5. The van der Waals surface area contributed by atoms with E-state index >= 15 is 0 Å². The molecular weight excluding hydrogens is 423 g/mol. The van der Waals surface area contributed by atoms with Gasteiger partial charge in [0.15, 0.2) is 0 Å². The third kappa shape index (κ3) is 6.25. The largest absolute Gasteiger partial charge is 0.491 e. The minimum Gasteiger partial charge on any atom is -0.491 e. The van der Waals surface area contributed by atoms with Crippen LogP contribution >= 0.6 is 0 Å². The fourth-order valence-corrected chi connectivity index (χ4v) is 4.93. The van der Waals surface area contributed by atoms with Crippen LogP contribution in [0.4, 0.5) is 4.39 Å². The van der Waals surface area contributed by atoms with Gasteiger partial charge < -0.3 is 14.8 Å². The number of carbonyl (C=O) groups excluding carboxylic acids is 1. The minimum atomic E-state index is -3.76. The lowest BCUT2D eigenvalue weighted by molar-refractivity contribution is -0.126. The fourth-order valence-electron chi connectivity index (χ4n) is 3.41. The van der Waals surface area contributed by atoms with Crippen molar-refractivity contribution in [1.29, 1.82) is 0 Å². The lowest BCUT2D eigenvalue weighted by atomic mass is 9.99. The maximum atomic E-state index is 13.1. The zero-order valence-electron chi connectivity index (χ0n) is 17.4. The van der Waals surface area contributed by atoms with Gasteiger partial charge in [0.1, 0.15) is 18.2 Å². The molecule has 1 fully saturated rings. The number of rotatable bonds is 9. The highest BCUT2D eigenvalue weighted by Crippen LogP contribution is 2.24. The molecule has 0 bridgehead atoms. The van der Waals surface area contributed by atoms with Gasteiger partial charge in [0.25, 0.3) is 0 Å². The van der Waals surface area contributed by atoms with E-state index in [0.717, 1.165) is 23.4 Å². The zero-order valence-corrected chi connectivity index (χ0v) is 18.2. The molecule has 31 heavy (non-hydrogen) atoms. The first kappa shape index (κ1) is 23.2. The summed E-state index contributed by atoms with van der Waals surface area (Å²) in [7, 11) is -2.15. The second-order valence-corrected chi connectivity index (χ2v) is 9.30. The molecule has 3 rings (SSSR count). The Kier molecular flexibility index (Phi) is 8.00. The van der Waals surface area contributed by atoms with Crippen LogP contribution in [-0.2, 0) is 26.1 Å². The quantitative estimate of drug-likeness (QED) is 0.594. The Bertz CT molecular complexity index is 964. The molecule has 1 unspecified atom stereocenters. The van der Waals surface area contributed by atoms with Crippen LogP contribution in [0, 0.1) is 11.7 Å². The number of nitrogens with one attached hydrogen (secondary N) is 1. The van der Waals surface area contributed by atoms with Crippen LogP contribution in [0.5, 0.6) is 5.75 Å². The molecule has 7 nitrogen and oxygen atoms in total. The third-order valence-electron chi connectivity index (χ3n) is 5.15. The molecule has 2 aromatic rings. The summed E-state index contributed by atoms with van der Waals surface area (Å²) in [5.74, 6) is -0.384. The van der Waals surface area contributed by atoms with Crippen LogP contribution < -0.4 is 10.1 Å². The van der Waals surface area contributed by atoms with Gasteiger partial charge in [-0.15, -0.1) is 0 Å². The summed E-state index contributed by atoms with van der Waals surface area (Å²) >= 11 is 0. The molecular formula is C22H27FN2O5S. The Morgan fingerprint density at radius 1 is 1.13 bits per heavy atom. The summed E-state index contributed by atoms with van der Waals surface area (Å²) in [5, 5.41) is 2.89. The first-order valence-corrected chi connectivity index (χ1v) is 11.6. The Morgan fingerprint density at radius 2 is 1.84 bits per heavy atom. The Balaban J connectivity index is 1.54. The number of nitrogens with zero attached hydrogens (tertiary/aromatic N) is 1. The van der Waals surface area contributed by atoms with Gasteiger partial charge in [-0.25, -0.2) is 12.8 Å². The van der Waals surface area contributed by atoms with Crippen molar-refractivity contribution in [1.82, 2.24) is 9.62 Å². The molecule has 0 radical (unpaired) electrons. The van der Waals surface area contributed by atoms with Crippen molar-refractivity contribution in [3.8, 4) is 5.75 Å². The van der Waals surface area contributed by atoms with Crippen LogP contribution in [0.3, 0.4) is 0 Å². The topological polar surface area (TPSA) is 84.9 Å². The summed E-state index contributed by atoms with van der Waals surface area (Å²) in [5.41, 5.74) is 0.916. The van der Waals surface area contributed by atoms with Gasteiger partial charge in [-0.1, -0.05) is 12.1 Å². The van der Waals surface area contributed by atoms with E-state index in [1.165, 1.54) is 16.4 Å². The zero-order chi connectivity index (χ0) is 22.3. The van der Waals surface area contributed by atoms with E-state index in [0.29, 0.717) is 39.1 Å². The summed E-state index contributed by atoms with van der Waals surface area (Å²) in [6.45, 7) is 1.77. The molecule has 1 atom stereocenters. The Hall–Kier alpha value is -2.49. The van der Waals surface area contributed by atoms with Gasteiger partial charge in [0, 0.05) is 26.7 Å². The number of ether oxygens (including phenoxy) is 2. The molecule has 9 heteroatoms. The lowest BCUT2D eigenvalue weighted by Gasteiger charge is -2.31. The number of hydrogen-bond acceptors (Lipinski definition) is 5. The number of sulfonamides is 1. The molecule has 2 aromatic carbocycles. The predicted molar refractivity (Wildman–Crippen MR) is 114 cm³/mol. The van der Waals surface area contributed by atoms with Gasteiger partial charge in [0.2, 0.25) is 15.9 Å². The molecule has 1 aliphatic heterocycles. The van der Waals surface area contributed by atoms with Crippen molar-refractivity contribution >= 4 is 15.9 Å². The molecule has 1 heterocycles. The van der Waals surface area contributed by atoms with Crippen molar-refractivity contribution in [2.24, 2.45) is 5.92 Å². The maximum absolute atomic E-state index is 13.1. The average molecular weight is 451 g/mol. The van der Waals surface area contributed by atoms with E-state index in [9.17, 15) is 17.6 Å². The van der Waals surface area contributed by atoms with Gasteiger partial charge >= 0.3 is 0 Å². The van der Waals surface area contributed by atoms with Crippen LogP contribution in [-0.4, -0.2) is 52.0 Å². The van der Waals surface area contributed by atoms with Crippen molar-refractivity contribution in [3.05, 3.63) is 59.9 Å². The van der Waals surface area contributed by atoms with Gasteiger partial charge in [0.05, 0.1) is 17.4 Å². The standard InChI is InChI=1S/C22H27FN2O5S/c1-29-13-14-30-20-8-4-17(5-9-20)15-24-22(26)18-3-2-12-25(16-18)31(27,28)21-10-6-19(23)7-11-21/h4-11,18H,2-3,12-16H2,1H3,(H,24,26). The highest BCUT2D eigenvalue weighted by molar-refractivity contribution is 7.89. The summed E-state index contributed by atoms with van der Waals surface area (Å²) in [6, 6.07) is 12.1. The number of piperidine rings is 1. The molecule has 0 saturated carbocycles. The first-order valence-electron chi connectivity index (χ1n) is 10.1. The average Bonchev–Trinajstić information content (AvgIpc) is 2.79. The van der Waals surface area contributed by atoms with E-state index < -0.39 is 21.8 Å². The number of benzene rings is 2. The smallest absolute Gasteiger partial charge is 0.243 e. The van der Waals surface area contributed by atoms with Gasteiger partial charge in [-0.05, 0) is 54.8 Å². The maximum Gasteiger partial charge on any atom is 0.243 e. The van der Waals surface area contributed by atoms with E-state index in [1.807, 2.05) is 24.3 Å². The van der Waals surface area contributed by atoms with Crippen LogP contribution in [0.2, 0.25) is 0 Å². The van der Waals surface area contributed by atoms with E-state index in [-0.39, 0.29) is 17.3 Å². The van der Waals surface area contributed by atoms with Crippen molar-refractivity contribution in [3.63, 3.8) is 0 Å². The van der Waals surface area contributed by atoms with E-state index in [1.54, 1.807) is 7.11 Å². The molecule has 0 spiro atoms. The van der Waals surface area contributed by atoms with Gasteiger partial charge in [-0.3, -0.25) is 4.79 Å². The highest BCUT2D eigenvalue weighted by Gasteiger charge is 2.33. The van der Waals surface area contributed by atoms with E-state index in [4.69, 9.17) is 9.47 Å². The summed E-state index contributed by atoms with van der Waals surface area (Å²) in [4.78, 5) is 12.7. The number of methoxy groups -OCH3 is 1. The second kappa shape index (κ2) is 10.7. The molecule has 1 N–H and O–H groups in total. The van der Waals surface area contributed by atoms with Crippen molar-refractivity contribution < 1.29 is 27.1 Å². The third-order valence-corrected chi connectivity index (χ3v) is 7.03. The molecule has 168 valence electrons. The van der Waals surface area contributed by atoms with Crippen LogP contribution in [0.1, 0.15) is 18.4 Å². The number of amides is 1. The lowest BCUT2D eigenvalue weighted by Crippen LogP contribution is -2.45. The minimum absolute atomic E-state index is 0.0303. The molecule has 1 saturated heterocycles. The number of halogens is 1. The monoisotopic (exact) mass is 450 g/mol. The predicted octanol–water partition coefficient (Wildman–Crippen LogP) is 2.57. The van der Waals surface area contributed by atoms with Gasteiger partial charge in [-0.2, -0.15) is 4.31 Å². The summed E-state index contributed by atoms with van der Waals surface area (Å²) in [6.07, 6.45) is 1.21. The molecule has 0 aromatic heterocycles. The Labute approximate surface area is 182 Å². The van der Waals surface area contributed by atoms with E-state index in [2.05, 4.69) is 5.32 Å². The number of hydrogen-bond donors (Lipinski definition) is 1. The Morgan fingerprint density at radius 3 is 2.52 bits per heavy atom. The van der Waals surface area contributed by atoms with Crippen LogP contribution in [0.15, 0.2) is 53.4 Å². The second-order valence-electron chi connectivity index (χ2n) is 7.36. The fraction of sp³-hybridized carbons (Fsp3) is 0.409. The number of carbonyl (C=O) groups is 1. The molecule has 0 aliphatic carbocycles. The molecule has 1 aliphatic rings. The highest BCUT2D eigenvalue weighted by atomic mass is 32.2. The normalized spacial score (nSPS) is 17.3. The van der Waals surface area contributed by atoms with Crippen molar-refractivity contribution in [2.75, 3.05) is 33.4 Å². The van der Waals surface area contributed by atoms with Crippen LogP contribution in [0.25, 0.3) is 0 Å². The van der Waals surface area contributed by atoms with Crippen molar-refractivity contribution in [2.45, 2.75) is 24.3 Å². The first-order chi connectivity index (χ1) is 14.9. The molecule has 1 amide bonds.